The van der Waals surface area contributed by atoms with E-state index in [4.69, 9.17) is 14.2 Å². The van der Waals surface area contributed by atoms with Crippen molar-refractivity contribution in [3.05, 3.63) is 60.2 Å². The van der Waals surface area contributed by atoms with Crippen molar-refractivity contribution in [1.29, 1.82) is 0 Å². The number of Topliss-reactive ketones (excluding diaryl/α,β-unsaturated/α-hetero) is 1. The lowest BCUT2D eigenvalue weighted by Gasteiger charge is -2.30. The molecule has 0 amide bonds. The minimum atomic E-state index is -0.122. The maximum absolute atomic E-state index is 13.7. The highest BCUT2D eigenvalue weighted by Crippen LogP contribution is 2.50. The molecule has 216 valence electrons. The van der Waals surface area contributed by atoms with Crippen molar-refractivity contribution < 1.29 is 19.0 Å². The van der Waals surface area contributed by atoms with E-state index in [9.17, 15) is 4.79 Å². The van der Waals surface area contributed by atoms with E-state index in [1.165, 1.54) is 31.2 Å². The van der Waals surface area contributed by atoms with Crippen molar-refractivity contribution in [2.24, 2.45) is 23.7 Å². The second-order valence-electron chi connectivity index (χ2n) is 12.3. The molecule has 2 fully saturated rings. The summed E-state index contributed by atoms with van der Waals surface area (Å²) in [5.41, 5.74) is 2.81. The van der Waals surface area contributed by atoms with Gasteiger partial charge in [-0.1, -0.05) is 67.8 Å². The smallest absolute Gasteiger partial charge is 0.157 e. The summed E-state index contributed by atoms with van der Waals surface area (Å²) in [7, 11) is 0. The number of allylic oxidation sites excluding steroid dienone is 3. The summed E-state index contributed by atoms with van der Waals surface area (Å²) in [6.45, 7) is 8.43. The molecule has 4 heteroatoms. The van der Waals surface area contributed by atoms with Crippen LogP contribution in [0, 0.1) is 23.7 Å². The fourth-order valence-electron chi connectivity index (χ4n) is 6.87. The van der Waals surface area contributed by atoms with Gasteiger partial charge in [0.15, 0.2) is 6.29 Å². The molecule has 0 radical (unpaired) electrons. The minimum Gasteiger partial charge on any atom is -0.377 e. The van der Waals surface area contributed by atoms with E-state index in [1.807, 2.05) is 12.1 Å². The van der Waals surface area contributed by atoms with Gasteiger partial charge in [-0.25, -0.2) is 0 Å². The maximum atomic E-state index is 13.7. The van der Waals surface area contributed by atoms with E-state index in [0.717, 1.165) is 71.0 Å². The molecule has 0 N–H and O–H groups in total. The van der Waals surface area contributed by atoms with Crippen LogP contribution < -0.4 is 0 Å². The van der Waals surface area contributed by atoms with Gasteiger partial charge in [-0.15, -0.1) is 6.58 Å². The zero-order chi connectivity index (χ0) is 27.3. The first-order chi connectivity index (χ1) is 19.1. The predicted molar refractivity (Wildman–Crippen MR) is 158 cm³/mol. The summed E-state index contributed by atoms with van der Waals surface area (Å²) >= 11 is 0. The number of ketones is 1. The summed E-state index contributed by atoms with van der Waals surface area (Å²) in [5.74, 6) is 1.96. The number of hydrogen-bond acceptors (Lipinski definition) is 4. The van der Waals surface area contributed by atoms with Crippen LogP contribution in [0.4, 0.5) is 0 Å². The first-order valence-corrected chi connectivity index (χ1v) is 15.9. The number of unbranched alkanes of at least 4 members (excludes halogenated alkanes) is 3. The molecule has 1 saturated heterocycles. The summed E-state index contributed by atoms with van der Waals surface area (Å²) < 4.78 is 18.3. The second kappa shape index (κ2) is 16.5. The molecule has 3 aliphatic rings. The lowest BCUT2D eigenvalue weighted by atomic mass is 9.83. The van der Waals surface area contributed by atoms with Gasteiger partial charge in [-0.2, -0.15) is 0 Å². The number of hydrogen-bond donors (Lipinski definition) is 0. The molecular formula is C35H52O4. The third kappa shape index (κ3) is 9.69. The number of ether oxygens (including phenoxy) is 3. The fraction of sp³-hybridized carbons (Fsp3) is 0.686. The average Bonchev–Trinajstić information content (AvgIpc) is 3.49. The average molecular weight is 537 g/mol. The number of rotatable bonds is 18. The highest BCUT2D eigenvalue weighted by atomic mass is 16.7. The molecule has 1 saturated carbocycles. The van der Waals surface area contributed by atoms with Crippen molar-refractivity contribution in [2.45, 2.75) is 116 Å². The minimum absolute atomic E-state index is 0.0197. The third-order valence-corrected chi connectivity index (χ3v) is 9.09. The Labute approximate surface area is 237 Å². The second-order valence-corrected chi connectivity index (χ2v) is 12.3. The van der Waals surface area contributed by atoms with Gasteiger partial charge in [0.2, 0.25) is 0 Å². The number of carbonyl (C=O) groups is 1. The van der Waals surface area contributed by atoms with Crippen molar-refractivity contribution in [3.8, 4) is 0 Å². The van der Waals surface area contributed by atoms with E-state index in [1.54, 1.807) is 5.57 Å². The van der Waals surface area contributed by atoms with Gasteiger partial charge in [0.25, 0.3) is 0 Å². The molecule has 4 rings (SSSR count). The van der Waals surface area contributed by atoms with Crippen LogP contribution in [-0.4, -0.2) is 31.4 Å². The molecule has 2 unspecified atom stereocenters. The highest BCUT2D eigenvalue weighted by Gasteiger charge is 2.49. The van der Waals surface area contributed by atoms with Crippen LogP contribution >= 0.6 is 0 Å². The molecule has 1 aromatic rings. The zero-order valence-electron chi connectivity index (χ0n) is 24.4. The quantitative estimate of drug-likeness (QED) is 0.139. The summed E-state index contributed by atoms with van der Waals surface area (Å²) in [6.07, 6.45) is 19.5. The molecule has 4 nitrogen and oxygen atoms in total. The maximum Gasteiger partial charge on any atom is 0.157 e. The lowest BCUT2D eigenvalue weighted by Crippen LogP contribution is -2.35. The van der Waals surface area contributed by atoms with Crippen molar-refractivity contribution >= 4 is 5.78 Å². The predicted octanol–water partition coefficient (Wildman–Crippen LogP) is 8.60. The largest absolute Gasteiger partial charge is 0.377 e. The molecule has 0 spiro atoms. The molecule has 1 aromatic carbocycles. The van der Waals surface area contributed by atoms with Gasteiger partial charge in [0.05, 0.1) is 12.7 Å². The Hall–Kier alpha value is -1.75. The normalized spacial score (nSPS) is 27.2. The first kappa shape index (κ1) is 30.2. The first-order valence-electron chi connectivity index (χ1n) is 15.9. The Morgan fingerprint density at radius 1 is 1.13 bits per heavy atom. The van der Waals surface area contributed by atoms with E-state index in [2.05, 4.69) is 43.8 Å². The van der Waals surface area contributed by atoms with Crippen LogP contribution in [0.15, 0.2) is 54.6 Å². The van der Waals surface area contributed by atoms with Gasteiger partial charge in [-0.3, -0.25) is 4.79 Å². The number of benzene rings is 1. The molecule has 2 aliphatic carbocycles. The Morgan fingerprint density at radius 2 is 2.00 bits per heavy atom. The van der Waals surface area contributed by atoms with Gasteiger partial charge in [0, 0.05) is 25.6 Å². The molecule has 1 heterocycles. The van der Waals surface area contributed by atoms with Crippen LogP contribution in [-0.2, 0) is 25.6 Å². The molecular weight excluding hydrogens is 484 g/mol. The van der Waals surface area contributed by atoms with Crippen LogP contribution in [0.1, 0.15) is 102 Å². The third-order valence-electron chi connectivity index (χ3n) is 9.09. The van der Waals surface area contributed by atoms with Gasteiger partial charge in [-0.05, 0) is 93.9 Å². The number of fused-ring (bicyclic) bond motifs is 1. The van der Waals surface area contributed by atoms with E-state index < -0.39 is 0 Å². The Morgan fingerprint density at radius 3 is 2.79 bits per heavy atom. The molecule has 0 bridgehead atoms. The number of carbonyl (C=O) groups excluding carboxylic acids is 1. The zero-order valence-corrected chi connectivity index (χ0v) is 24.4. The van der Waals surface area contributed by atoms with Gasteiger partial charge < -0.3 is 14.2 Å². The Kier molecular flexibility index (Phi) is 12.8. The van der Waals surface area contributed by atoms with Crippen LogP contribution in [0.2, 0.25) is 0 Å². The molecule has 1 aliphatic heterocycles. The van der Waals surface area contributed by atoms with Crippen LogP contribution in [0.3, 0.4) is 0 Å². The Balaban J connectivity index is 1.22. The van der Waals surface area contributed by atoms with Crippen molar-refractivity contribution in [3.63, 3.8) is 0 Å². The topological polar surface area (TPSA) is 44.8 Å². The SMILES string of the molecule is C=CCCCC(C)CCC(=O)[C@@H]1[C@@H]2CC(CCCCCOCc3ccccc3)=C[C@@H]2C[C@H]1OC1CCCCO1. The summed E-state index contributed by atoms with van der Waals surface area (Å²) in [4.78, 5) is 13.7. The molecule has 6 atom stereocenters. The monoisotopic (exact) mass is 536 g/mol. The highest BCUT2D eigenvalue weighted by molar-refractivity contribution is 5.82. The van der Waals surface area contributed by atoms with E-state index in [-0.39, 0.29) is 18.3 Å². The molecule has 0 aromatic heterocycles. The van der Waals surface area contributed by atoms with E-state index >= 15 is 0 Å². The van der Waals surface area contributed by atoms with Crippen LogP contribution in [0.5, 0.6) is 0 Å². The summed E-state index contributed by atoms with van der Waals surface area (Å²) in [5, 5.41) is 0. The van der Waals surface area contributed by atoms with Crippen LogP contribution in [0.25, 0.3) is 0 Å². The Bertz CT molecular complexity index is 887. The molecule has 39 heavy (non-hydrogen) atoms. The summed E-state index contributed by atoms with van der Waals surface area (Å²) in [6, 6.07) is 10.4. The lowest BCUT2D eigenvalue weighted by molar-refractivity contribution is -0.196. The van der Waals surface area contributed by atoms with Crippen molar-refractivity contribution in [2.75, 3.05) is 13.2 Å². The van der Waals surface area contributed by atoms with E-state index in [0.29, 0.717) is 36.6 Å². The van der Waals surface area contributed by atoms with Crippen molar-refractivity contribution in [1.82, 2.24) is 0 Å². The van der Waals surface area contributed by atoms with Gasteiger partial charge >= 0.3 is 0 Å². The standard InChI is InChI=1S/C35H52O4/c1-3-4-7-14-27(2)19-20-32(36)35-31-24-29(17-10-6-12-21-37-26-28-15-8-5-9-16-28)23-30(31)25-33(35)39-34-18-11-13-22-38-34/h3,5,8-9,15-16,23,27,30-31,33-35H,1,4,6-7,10-14,17-22,24-26H2,2H3/t27?,30-,31-,33-,34?,35+/m1/s1. The van der Waals surface area contributed by atoms with Gasteiger partial charge in [0.1, 0.15) is 5.78 Å². The fourth-order valence-corrected chi connectivity index (χ4v) is 6.87.